The van der Waals surface area contributed by atoms with Crippen LogP contribution in [0.5, 0.6) is 0 Å². The molecule has 0 aliphatic heterocycles. The SMILES string of the molecule is Cc1ccc([N+](=O)[O-])cc1N(C)S(=O)(=O)c1cccc([N+](=O)[O-])c1. The van der Waals surface area contributed by atoms with Crippen LogP contribution in [0, 0.1) is 27.2 Å². The monoisotopic (exact) mass is 351 g/mol. The normalized spacial score (nSPS) is 11.1. The number of hydrogen-bond acceptors (Lipinski definition) is 6. The van der Waals surface area contributed by atoms with Crippen molar-refractivity contribution in [1.82, 2.24) is 0 Å². The highest BCUT2D eigenvalue weighted by molar-refractivity contribution is 7.92. The van der Waals surface area contributed by atoms with Gasteiger partial charge in [0.1, 0.15) is 0 Å². The quantitative estimate of drug-likeness (QED) is 0.602. The van der Waals surface area contributed by atoms with Gasteiger partial charge in [0.05, 0.1) is 20.4 Å². The van der Waals surface area contributed by atoms with Crippen LogP contribution in [0.2, 0.25) is 0 Å². The first kappa shape index (κ1) is 17.3. The van der Waals surface area contributed by atoms with Crippen LogP contribution in [0.15, 0.2) is 47.4 Å². The maximum Gasteiger partial charge on any atom is 0.271 e. The van der Waals surface area contributed by atoms with E-state index in [1.165, 1.54) is 37.4 Å². The first-order valence-corrected chi connectivity index (χ1v) is 8.07. The lowest BCUT2D eigenvalue weighted by molar-refractivity contribution is -0.385. The number of benzene rings is 2. The second-order valence-electron chi connectivity index (χ2n) is 4.95. The lowest BCUT2D eigenvalue weighted by Gasteiger charge is -2.21. The zero-order chi connectivity index (χ0) is 18.1. The van der Waals surface area contributed by atoms with Crippen LogP contribution in [0.3, 0.4) is 0 Å². The zero-order valence-corrected chi connectivity index (χ0v) is 13.6. The van der Waals surface area contributed by atoms with Crippen LogP contribution in [-0.4, -0.2) is 25.3 Å². The van der Waals surface area contributed by atoms with Crippen molar-refractivity contribution < 1.29 is 18.3 Å². The highest BCUT2D eigenvalue weighted by Crippen LogP contribution is 2.29. The van der Waals surface area contributed by atoms with Gasteiger partial charge in [0.25, 0.3) is 21.4 Å². The van der Waals surface area contributed by atoms with Gasteiger partial charge in [0, 0.05) is 31.3 Å². The van der Waals surface area contributed by atoms with Crippen LogP contribution in [0.25, 0.3) is 0 Å². The molecule has 0 bridgehead atoms. The van der Waals surface area contributed by atoms with E-state index in [0.29, 0.717) is 5.56 Å². The number of rotatable bonds is 5. The Kier molecular flexibility index (Phi) is 4.51. The third kappa shape index (κ3) is 3.18. The number of sulfonamides is 1. The molecule has 2 aromatic rings. The fraction of sp³-hybridized carbons (Fsp3) is 0.143. The molecule has 2 rings (SSSR count). The highest BCUT2D eigenvalue weighted by atomic mass is 32.2. The molecule has 0 N–H and O–H groups in total. The molecule has 24 heavy (non-hydrogen) atoms. The summed E-state index contributed by atoms with van der Waals surface area (Å²) >= 11 is 0. The third-order valence-electron chi connectivity index (χ3n) is 3.43. The van der Waals surface area contributed by atoms with Gasteiger partial charge in [-0.3, -0.25) is 24.5 Å². The Bertz CT molecular complexity index is 926. The fourth-order valence-electron chi connectivity index (χ4n) is 2.10. The van der Waals surface area contributed by atoms with Crippen LogP contribution in [-0.2, 0) is 10.0 Å². The molecule has 0 saturated carbocycles. The Morgan fingerprint density at radius 1 is 0.958 bits per heavy atom. The highest BCUT2D eigenvalue weighted by Gasteiger charge is 2.25. The van der Waals surface area contributed by atoms with E-state index < -0.39 is 19.9 Å². The summed E-state index contributed by atoms with van der Waals surface area (Å²) in [6, 6.07) is 8.46. The average Bonchev–Trinajstić information content (AvgIpc) is 2.54. The van der Waals surface area contributed by atoms with Gasteiger partial charge in [-0.25, -0.2) is 8.42 Å². The maximum atomic E-state index is 12.7. The number of non-ortho nitro benzene ring substituents is 2. The van der Waals surface area contributed by atoms with Gasteiger partial charge >= 0.3 is 0 Å². The second kappa shape index (κ2) is 6.24. The molecule has 0 amide bonds. The molecular formula is C14H13N3O6S. The van der Waals surface area contributed by atoms with Gasteiger partial charge in [0.2, 0.25) is 0 Å². The molecular weight excluding hydrogens is 338 g/mol. The van der Waals surface area contributed by atoms with Crippen molar-refractivity contribution in [3.05, 3.63) is 68.3 Å². The van der Waals surface area contributed by atoms with Crippen molar-refractivity contribution in [1.29, 1.82) is 0 Å². The standard InChI is InChI=1S/C14H13N3O6S/c1-10-6-7-12(17(20)21)9-14(10)15(2)24(22,23)13-5-3-4-11(8-13)16(18)19/h3-9H,1-2H3. The molecule has 126 valence electrons. The maximum absolute atomic E-state index is 12.7. The Morgan fingerprint density at radius 3 is 2.12 bits per heavy atom. The Balaban J connectivity index is 2.54. The zero-order valence-electron chi connectivity index (χ0n) is 12.7. The molecule has 0 radical (unpaired) electrons. The van der Waals surface area contributed by atoms with E-state index in [1.807, 2.05) is 0 Å². The number of anilines is 1. The Hall–Kier alpha value is -3.01. The summed E-state index contributed by atoms with van der Waals surface area (Å²) in [5.41, 5.74) is 0.0183. The molecule has 10 heteroatoms. The van der Waals surface area contributed by atoms with Crippen LogP contribution in [0.4, 0.5) is 17.1 Å². The predicted octanol–water partition coefficient (Wildman–Crippen LogP) is 2.64. The van der Waals surface area contributed by atoms with Crippen molar-refractivity contribution in [3.8, 4) is 0 Å². The van der Waals surface area contributed by atoms with E-state index >= 15 is 0 Å². The molecule has 0 heterocycles. The fourth-order valence-corrected chi connectivity index (χ4v) is 3.39. The molecule has 0 saturated heterocycles. The molecule has 0 aliphatic rings. The number of nitro groups is 2. The number of hydrogen-bond donors (Lipinski definition) is 0. The summed E-state index contributed by atoms with van der Waals surface area (Å²) in [5, 5.41) is 21.7. The number of nitro benzene ring substituents is 2. The van der Waals surface area contributed by atoms with Gasteiger partial charge in [-0.15, -0.1) is 0 Å². The van der Waals surface area contributed by atoms with Gasteiger partial charge in [0.15, 0.2) is 0 Å². The van der Waals surface area contributed by atoms with Crippen LogP contribution >= 0.6 is 0 Å². The van der Waals surface area contributed by atoms with Crippen molar-refractivity contribution >= 4 is 27.1 Å². The van der Waals surface area contributed by atoms with Crippen molar-refractivity contribution in [3.63, 3.8) is 0 Å². The lowest BCUT2D eigenvalue weighted by atomic mass is 10.2. The number of nitrogens with zero attached hydrogens (tertiary/aromatic N) is 3. The van der Waals surface area contributed by atoms with Crippen molar-refractivity contribution in [2.24, 2.45) is 0 Å². The van der Waals surface area contributed by atoms with E-state index in [9.17, 15) is 28.6 Å². The van der Waals surface area contributed by atoms with Gasteiger partial charge in [-0.1, -0.05) is 12.1 Å². The van der Waals surface area contributed by atoms with Crippen molar-refractivity contribution in [2.75, 3.05) is 11.4 Å². The first-order valence-electron chi connectivity index (χ1n) is 6.63. The van der Waals surface area contributed by atoms with Gasteiger partial charge in [-0.2, -0.15) is 0 Å². The summed E-state index contributed by atoms with van der Waals surface area (Å²) in [4.78, 5) is 20.1. The number of aryl methyl sites for hydroxylation is 1. The van der Waals surface area contributed by atoms with Gasteiger partial charge < -0.3 is 0 Å². The summed E-state index contributed by atoms with van der Waals surface area (Å²) in [6.45, 7) is 1.61. The molecule has 9 nitrogen and oxygen atoms in total. The summed E-state index contributed by atoms with van der Waals surface area (Å²) in [5.74, 6) is 0. The largest absolute Gasteiger partial charge is 0.271 e. The molecule has 0 atom stereocenters. The van der Waals surface area contributed by atoms with E-state index in [2.05, 4.69) is 0 Å². The van der Waals surface area contributed by atoms with E-state index in [1.54, 1.807) is 6.92 Å². The minimum Gasteiger partial charge on any atom is -0.269 e. The van der Waals surface area contributed by atoms with Crippen molar-refractivity contribution in [2.45, 2.75) is 11.8 Å². The molecule has 2 aromatic carbocycles. The Labute approximate surface area is 137 Å². The molecule has 0 aromatic heterocycles. The second-order valence-corrected chi connectivity index (χ2v) is 6.92. The van der Waals surface area contributed by atoms with E-state index in [0.717, 1.165) is 16.4 Å². The van der Waals surface area contributed by atoms with Gasteiger partial charge in [-0.05, 0) is 18.6 Å². The molecule has 0 unspecified atom stereocenters. The topological polar surface area (TPSA) is 124 Å². The third-order valence-corrected chi connectivity index (χ3v) is 5.20. The minimum absolute atomic E-state index is 0.121. The average molecular weight is 351 g/mol. The van der Waals surface area contributed by atoms with Crippen LogP contribution in [0.1, 0.15) is 5.56 Å². The Morgan fingerprint density at radius 2 is 1.54 bits per heavy atom. The van der Waals surface area contributed by atoms with Crippen LogP contribution < -0.4 is 4.31 Å². The summed E-state index contributed by atoms with van der Waals surface area (Å²) in [6.07, 6.45) is 0. The van der Waals surface area contributed by atoms with E-state index in [-0.39, 0.29) is 22.0 Å². The first-order chi connectivity index (χ1) is 11.1. The lowest BCUT2D eigenvalue weighted by Crippen LogP contribution is -2.27. The summed E-state index contributed by atoms with van der Waals surface area (Å²) < 4.78 is 26.2. The predicted molar refractivity (Wildman–Crippen MR) is 86.5 cm³/mol. The summed E-state index contributed by atoms with van der Waals surface area (Å²) in [7, 11) is -2.87. The van der Waals surface area contributed by atoms with E-state index in [4.69, 9.17) is 0 Å². The molecule has 0 fully saturated rings. The smallest absolute Gasteiger partial charge is 0.269 e. The molecule has 0 spiro atoms. The molecule has 0 aliphatic carbocycles. The minimum atomic E-state index is -4.11.